The number of amides is 1. The highest BCUT2D eigenvalue weighted by Gasteiger charge is 2.37. The molecule has 102 valence electrons. The fourth-order valence-corrected chi connectivity index (χ4v) is 2.50. The summed E-state index contributed by atoms with van der Waals surface area (Å²) in [6, 6.07) is 6.03. The van der Waals surface area contributed by atoms with Gasteiger partial charge in [-0.25, -0.2) is 0 Å². The molecule has 1 unspecified atom stereocenters. The van der Waals surface area contributed by atoms with Crippen molar-refractivity contribution in [2.75, 3.05) is 12.4 Å². The quantitative estimate of drug-likeness (QED) is 0.799. The predicted molar refractivity (Wildman–Crippen MR) is 66.3 cm³/mol. The molecule has 1 atom stereocenters. The molecule has 0 radical (unpaired) electrons. The van der Waals surface area contributed by atoms with Crippen molar-refractivity contribution in [3.63, 3.8) is 0 Å². The van der Waals surface area contributed by atoms with Gasteiger partial charge in [-0.3, -0.25) is 9.59 Å². The Kier molecular flexibility index (Phi) is 4.14. The van der Waals surface area contributed by atoms with Crippen LogP contribution in [0.25, 0.3) is 0 Å². The van der Waals surface area contributed by atoms with E-state index in [0.29, 0.717) is 12.0 Å². The number of carbonyl (C=O) groups is 2. The third-order valence-corrected chi connectivity index (χ3v) is 3.45. The minimum atomic E-state index is -3.11. The van der Waals surface area contributed by atoms with Gasteiger partial charge in [-0.05, 0) is 17.5 Å². The topological polar surface area (TPSA) is 37.4 Å². The van der Waals surface area contributed by atoms with Crippen LogP contribution in [0.4, 0.5) is 8.78 Å². The normalized spacial score (nSPS) is 18.3. The van der Waals surface area contributed by atoms with Crippen LogP contribution in [0.5, 0.6) is 0 Å². The van der Waals surface area contributed by atoms with E-state index in [9.17, 15) is 18.4 Å². The van der Waals surface area contributed by atoms with Gasteiger partial charge < -0.3 is 4.90 Å². The number of nitrogens with zero attached hydrogens (tertiary/aromatic N) is 1. The number of hydrogen-bond donors (Lipinski definition) is 0. The van der Waals surface area contributed by atoms with Crippen LogP contribution in [-0.2, 0) is 16.0 Å². The smallest absolute Gasteiger partial charge is 0.315 e. The molecule has 1 aromatic carbocycles. The van der Waals surface area contributed by atoms with E-state index in [1.54, 1.807) is 12.1 Å². The Morgan fingerprint density at radius 3 is 2.68 bits per heavy atom. The summed E-state index contributed by atoms with van der Waals surface area (Å²) >= 11 is 5.53. The first kappa shape index (κ1) is 13.9. The molecule has 6 heteroatoms. The third-order valence-electron chi connectivity index (χ3n) is 3.19. The highest BCUT2D eigenvalue weighted by molar-refractivity contribution is 6.28. The zero-order valence-corrected chi connectivity index (χ0v) is 10.7. The van der Waals surface area contributed by atoms with E-state index < -0.39 is 24.2 Å². The van der Waals surface area contributed by atoms with Gasteiger partial charge in [-0.15, -0.1) is 11.6 Å². The molecule has 0 fully saturated rings. The van der Waals surface area contributed by atoms with Gasteiger partial charge in [0.2, 0.25) is 0 Å². The van der Waals surface area contributed by atoms with Crippen LogP contribution < -0.4 is 0 Å². The number of rotatable bonds is 3. The number of halogens is 3. The minimum Gasteiger partial charge on any atom is -0.323 e. The molecule has 0 N–H and O–H groups in total. The van der Waals surface area contributed by atoms with Crippen molar-refractivity contribution in [2.45, 2.75) is 18.9 Å². The monoisotopic (exact) mass is 287 g/mol. The molecule has 1 aliphatic heterocycles. The van der Waals surface area contributed by atoms with Crippen molar-refractivity contribution in [3.8, 4) is 0 Å². The second-order valence-corrected chi connectivity index (χ2v) is 4.55. The molecule has 0 spiro atoms. The van der Waals surface area contributed by atoms with Crippen molar-refractivity contribution in [2.24, 2.45) is 0 Å². The maximum absolute atomic E-state index is 12.6. The number of benzene rings is 1. The lowest BCUT2D eigenvalue weighted by Gasteiger charge is -2.35. The maximum atomic E-state index is 12.6. The van der Waals surface area contributed by atoms with Crippen LogP contribution in [0.15, 0.2) is 24.3 Å². The Labute approximate surface area is 114 Å². The van der Waals surface area contributed by atoms with E-state index in [1.807, 2.05) is 12.1 Å². The van der Waals surface area contributed by atoms with E-state index in [4.69, 9.17) is 11.6 Å². The number of alkyl halides is 3. The number of Topliss-reactive ketones (excluding diaryl/α,β-unsaturated/α-hetero) is 1. The zero-order chi connectivity index (χ0) is 14.0. The van der Waals surface area contributed by atoms with Gasteiger partial charge in [0.25, 0.3) is 5.91 Å². The van der Waals surface area contributed by atoms with Crippen LogP contribution in [0, 0.1) is 0 Å². The first-order valence-corrected chi connectivity index (χ1v) is 6.34. The van der Waals surface area contributed by atoms with Gasteiger partial charge in [-0.2, -0.15) is 8.78 Å². The zero-order valence-electron chi connectivity index (χ0n) is 9.98. The van der Waals surface area contributed by atoms with Crippen LogP contribution in [-0.4, -0.2) is 35.4 Å². The van der Waals surface area contributed by atoms with Gasteiger partial charge >= 0.3 is 6.43 Å². The van der Waals surface area contributed by atoms with Gasteiger partial charge in [0.1, 0.15) is 6.04 Å². The van der Waals surface area contributed by atoms with Crippen LogP contribution >= 0.6 is 11.6 Å². The summed E-state index contributed by atoms with van der Waals surface area (Å²) in [6.07, 6.45) is -2.66. The van der Waals surface area contributed by atoms with Crippen molar-refractivity contribution < 1.29 is 18.4 Å². The molecular weight excluding hydrogens is 276 g/mol. The number of carbonyl (C=O) groups excluding carboxylic acids is 2. The summed E-state index contributed by atoms with van der Waals surface area (Å²) in [5.74, 6) is -2.08. The summed E-state index contributed by atoms with van der Waals surface area (Å²) < 4.78 is 25.2. The van der Waals surface area contributed by atoms with Crippen LogP contribution in [0.1, 0.15) is 17.2 Å². The fourth-order valence-electron chi connectivity index (χ4n) is 2.35. The lowest BCUT2D eigenvalue weighted by Crippen LogP contribution is -2.46. The average molecular weight is 288 g/mol. The van der Waals surface area contributed by atoms with Gasteiger partial charge in [0.05, 0.1) is 5.88 Å². The standard InChI is InChI=1S/C13H12ClF2NO2/c14-7-10(18)11-9-4-2-1-3-8(9)5-6-17(11)13(19)12(15)16/h1-4,11-12H,5-7H2. The number of ketones is 1. The molecule has 19 heavy (non-hydrogen) atoms. The predicted octanol–water partition coefficient (Wildman–Crippen LogP) is 2.19. The molecule has 2 rings (SSSR count). The van der Waals surface area contributed by atoms with E-state index in [-0.39, 0.29) is 12.4 Å². The second kappa shape index (κ2) is 5.65. The number of fused-ring (bicyclic) bond motifs is 1. The summed E-state index contributed by atoms with van der Waals surface area (Å²) in [6.45, 7) is 0.105. The van der Waals surface area contributed by atoms with Crippen LogP contribution in [0.3, 0.4) is 0 Å². The molecule has 0 aliphatic carbocycles. The molecule has 1 aliphatic rings. The fraction of sp³-hybridized carbons (Fsp3) is 0.385. The molecule has 3 nitrogen and oxygen atoms in total. The molecule has 1 heterocycles. The lowest BCUT2D eigenvalue weighted by molar-refractivity contribution is -0.149. The van der Waals surface area contributed by atoms with Gasteiger partial charge in [0.15, 0.2) is 5.78 Å². The highest BCUT2D eigenvalue weighted by atomic mass is 35.5. The maximum Gasteiger partial charge on any atom is 0.315 e. The number of hydrogen-bond acceptors (Lipinski definition) is 2. The Balaban J connectivity index is 2.43. The van der Waals surface area contributed by atoms with Crippen molar-refractivity contribution in [1.29, 1.82) is 0 Å². The summed E-state index contributed by atoms with van der Waals surface area (Å²) in [5, 5.41) is 0. The Bertz CT molecular complexity index is 507. The van der Waals surface area contributed by atoms with Crippen molar-refractivity contribution in [1.82, 2.24) is 4.90 Å². The average Bonchev–Trinajstić information content (AvgIpc) is 2.44. The second-order valence-electron chi connectivity index (χ2n) is 4.28. The Hall–Kier alpha value is -1.49. The van der Waals surface area contributed by atoms with Crippen molar-refractivity contribution in [3.05, 3.63) is 35.4 Å². The first-order chi connectivity index (χ1) is 9.06. The largest absolute Gasteiger partial charge is 0.323 e. The Morgan fingerprint density at radius 2 is 2.05 bits per heavy atom. The van der Waals surface area contributed by atoms with Crippen LogP contribution in [0.2, 0.25) is 0 Å². The van der Waals surface area contributed by atoms with E-state index in [0.717, 1.165) is 10.5 Å². The SMILES string of the molecule is O=C(CCl)C1c2ccccc2CCN1C(=O)C(F)F. The lowest BCUT2D eigenvalue weighted by atomic mass is 9.90. The minimum absolute atomic E-state index is 0.105. The molecular formula is C13H12ClF2NO2. The third kappa shape index (κ3) is 2.61. The molecule has 0 bridgehead atoms. The molecule has 1 aromatic rings. The molecule has 0 aromatic heterocycles. The summed E-state index contributed by atoms with van der Waals surface area (Å²) in [4.78, 5) is 24.3. The van der Waals surface area contributed by atoms with E-state index in [2.05, 4.69) is 0 Å². The van der Waals surface area contributed by atoms with E-state index in [1.165, 1.54) is 0 Å². The Morgan fingerprint density at radius 1 is 1.37 bits per heavy atom. The van der Waals surface area contributed by atoms with Gasteiger partial charge in [-0.1, -0.05) is 24.3 Å². The summed E-state index contributed by atoms with van der Waals surface area (Å²) in [7, 11) is 0. The molecule has 1 amide bonds. The highest BCUT2D eigenvalue weighted by Crippen LogP contribution is 2.31. The van der Waals surface area contributed by atoms with Crippen molar-refractivity contribution >= 4 is 23.3 Å². The molecule has 0 saturated heterocycles. The first-order valence-electron chi connectivity index (χ1n) is 5.81. The van der Waals surface area contributed by atoms with E-state index >= 15 is 0 Å². The summed E-state index contributed by atoms with van der Waals surface area (Å²) in [5.41, 5.74) is 1.48. The van der Waals surface area contributed by atoms with Gasteiger partial charge in [0, 0.05) is 6.54 Å². The molecule has 0 saturated carbocycles.